The van der Waals surface area contributed by atoms with Crippen LogP contribution in [0.15, 0.2) is 52.1 Å². The van der Waals surface area contributed by atoms with E-state index in [1.807, 2.05) is 0 Å². The van der Waals surface area contributed by atoms with Crippen LogP contribution in [-0.4, -0.2) is 13.4 Å². The first-order valence-electron chi connectivity index (χ1n) is 4.97. The maximum Gasteiger partial charge on any atom is 0.263 e. The van der Waals surface area contributed by atoms with Crippen molar-refractivity contribution < 1.29 is 8.42 Å². The van der Waals surface area contributed by atoms with E-state index in [1.165, 1.54) is 12.3 Å². The van der Waals surface area contributed by atoms with Crippen LogP contribution >= 0.6 is 15.9 Å². The third-order valence-corrected chi connectivity index (χ3v) is 4.53. The lowest BCUT2D eigenvalue weighted by atomic mass is 10.3. The average Bonchev–Trinajstić information content (AvgIpc) is 2.33. The summed E-state index contributed by atoms with van der Waals surface area (Å²) in [6, 6.07) is 7.86. The van der Waals surface area contributed by atoms with Gasteiger partial charge in [-0.3, -0.25) is 9.71 Å². The minimum Gasteiger partial charge on any atom is -0.399 e. The standard InChI is InChI=1S/C11H10BrN3O2S/c12-10-4-3-8(13)6-11(10)18(16,17)15-9-2-1-5-14-7-9/h1-7,15H,13H2. The van der Waals surface area contributed by atoms with Crippen LogP contribution in [0.5, 0.6) is 0 Å². The van der Waals surface area contributed by atoms with Crippen LogP contribution in [0.3, 0.4) is 0 Å². The minimum absolute atomic E-state index is 0.0892. The number of halogens is 1. The first kappa shape index (κ1) is 12.8. The number of pyridine rings is 1. The number of benzene rings is 1. The Kier molecular flexibility index (Phi) is 3.53. The molecular weight excluding hydrogens is 318 g/mol. The van der Waals surface area contributed by atoms with Gasteiger partial charge in [-0.15, -0.1) is 0 Å². The zero-order valence-electron chi connectivity index (χ0n) is 9.17. The van der Waals surface area contributed by atoms with Gasteiger partial charge in [-0.1, -0.05) is 0 Å². The Morgan fingerprint density at radius 1 is 1.28 bits per heavy atom. The Morgan fingerprint density at radius 2 is 2.06 bits per heavy atom. The van der Waals surface area contributed by atoms with E-state index in [9.17, 15) is 8.42 Å². The second-order valence-electron chi connectivity index (χ2n) is 3.54. The number of sulfonamides is 1. The summed E-state index contributed by atoms with van der Waals surface area (Å²) in [5.74, 6) is 0. The number of rotatable bonds is 3. The highest BCUT2D eigenvalue weighted by molar-refractivity contribution is 9.10. The molecule has 94 valence electrons. The van der Waals surface area contributed by atoms with Crippen molar-refractivity contribution in [2.24, 2.45) is 0 Å². The van der Waals surface area contributed by atoms with Crippen LogP contribution in [0.4, 0.5) is 11.4 Å². The third-order valence-electron chi connectivity index (χ3n) is 2.16. The van der Waals surface area contributed by atoms with Crippen molar-refractivity contribution in [3.63, 3.8) is 0 Å². The Labute approximate surface area is 113 Å². The molecule has 2 rings (SSSR count). The second-order valence-corrected chi connectivity index (χ2v) is 6.04. The lowest BCUT2D eigenvalue weighted by Gasteiger charge is -2.09. The monoisotopic (exact) mass is 327 g/mol. The highest BCUT2D eigenvalue weighted by atomic mass is 79.9. The highest BCUT2D eigenvalue weighted by Crippen LogP contribution is 2.25. The molecule has 0 radical (unpaired) electrons. The van der Waals surface area contributed by atoms with Crippen LogP contribution in [0.2, 0.25) is 0 Å². The van der Waals surface area contributed by atoms with E-state index in [4.69, 9.17) is 5.73 Å². The molecule has 5 nitrogen and oxygen atoms in total. The second kappa shape index (κ2) is 4.95. The SMILES string of the molecule is Nc1ccc(Br)c(S(=O)(=O)Nc2cccnc2)c1. The molecule has 0 aliphatic heterocycles. The van der Waals surface area contributed by atoms with Crippen LogP contribution in [-0.2, 0) is 10.0 Å². The van der Waals surface area contributed by atoms with Gasteiger partial charge in [0.15, 0.2) is 0 Å². The predicted molar refractivity (Wildman–Crippen MR) is 73.6 cm³/mol. The average molecular weight is 328 g/mol. The number of nitrogens with one attached hydrogen (secondary N) is 1. The van der Waals surface area contributed by atoms with Crippen molar-refractivity contribution in [1.82, 2.24) is 4.98 Å². The molecule has 0 saturated heterocycles. The molecule has 1 aromatic heterocycles. The Hall–Kier alpha value is -1.60. The molecule has 18 heavy (non-hydrogen) atoms. The van der Waals surface area contributed by atoms with Gasteiger partial charge in [0, 0.05) is 16.4 Å². The summed E-state index contributed by atoms with van der Waals surface area (Å²) in [6.07, 6.45) is 2.99. The largest absolute Gasteiger partial charge is 0.399 e. The van der Waals surface area contributed by atoms with Crippen LogP contribution in [0.1, 0.15) is 0 Å². The van der Waals surface area contributed by atoms with Gasteiger partial charge >= 0.3 is 0 Å². The van der Waals surface area contributed by atoms with Gasteiger partial charge < -0.3 is 5.73 Å². The van der Waals surface area contributed by atoms with Gasteiger partial charge in [0.05, 0.1) is 11.9 Å². The van der Waals surface area contributed by atoms with Gasteiger partial charge in [-0.2, -0.15) is 0 Å². The van der Waals surface area contributed by atoms with Crippen molar-refractivity contribution in [2.45, 2.75) is 4.90 Å². The van der Waals surface area contributed by atoms with E-state index < -0.39 is 10.0 Å². The fourth-order valence-corrected chi connectivity index (χ4v) is 3.40. The Balaban J connectivity index is 2.40. The van der Waals surface area contributed by atoms with Gasteiger partial charge in [0.1, 0.15) is 4.90 Å². The van der Waals surface area contributed by atoms with Gasteiger partial charge in [0.2, 0.25) is 0 Å². The third kappa shape index (κ3) is 2.80. The normalized spacial score (nSPS) is 11.2. The first-order valence-corrected chi connectivity index (χ1v) is 7.24. The summed E-state index contributed by atoms with van der Waals surface area (Å²) in [5, 5.41) is 0. The number of aromatic nitrogens is 1. The number of nitrogen functional groups attached to an aromatic ring is 1. The summed E-state index contributed by atoms with van der Waals surface area (Å²) in [4.78, 5) is 3.93. The van der Waals surface area contributed by atoms with Gasteiger partial charge in [-0.25, -0.2) is 8.42 Å². The summed E-state index contributed by atoms with van der Waals surface area (Å²) < 4.78 is 27.2. The molecule has 0 saturated carbocycles. The molecule has 7 heteroatoms. The summed E-state index contributed by atoms with van der Waals surface area (Å²) in [6.45, 7) is 0. The number of anilines is 2. The maximum absolute atomic E-state index is 12.2. The quantitative estimate of drug-likeness (QED) is 0.846. The molecule has 1 heterocycles. The fraction of sp³-hybridized carbons (Fsp3) is 0. The summed E-state index contributed by atoms with van der Waals surface area (Å²) >= 11 is 3.19. The summed E-state index contributed by atoms with van der Waals surface area (Å²) in [5.41, 5.74) is 6.37. The molecule has 0 amide bonds. The van der Waals surface area contributed by atoms with E-state index in [-0.39, 0.29) is 4.90 Å². The van der Waals surface area contributed by atoms with E-state index in [2.05, 4.69) is 25.6 Å². The van der Waals surface area contributed by atoms with Crippen molar-refractivity contribution in [2.75, 3.05) is 10.5 Å². The topological polar surface area (TPSA) is 85.1 Å². The highest BCUT2D eigenvalue weighted by Gasteiger charge is 2.18. The lowest BCUT2D eigenvalue weighted by molar-refractivity contribution is 0.601. The lowest BCUT2D eigenvalue weighted by Crippen LogP contribution is -2.14. The molecule has 3 N–H and O–H groups in total. The molecule has 0 aliphatic carbocycles. The molecule has 0 bridgehead atoms. The molecule has 0 unspecified atom stereocenters. The Bertz CT molecular complexity index is 659. The molecule has 0 fully saturated rings. The maximum atomic E-state index is 12.2. The van der Waals surface area contributed by atoms with Crippen molar-refractivity contribution in [3.05, 3.63) is 47.2 Å². The number of nitrogens with two attached hydrogens (primary N) is 1. The Morgan fingerprint density at radius 3 is 2.72 bits per heavy atom. The number of hydrogen-bond donors (Lipinski definition) is 2. The molecular formula is C11H10BrN3O2S. The van der Waals surface area contributed by atoms with Crippen molar-refractivity contribution in [1.29, 1.82) is 0 Å². The van der Waals surface area contributed by atoms with Crippen molar-refractivity contribution >= 4 is 37.3 Å². The van der Waals surface area contributed by atoms with Crippen LogP contribution in [0, 0.1) is 0 Å². The molecule has 0 atom stereocenters. The van der Waals surface area contributed by atoms with E-state index in [0.29, 0.717) is 15.8 Å². The first-order chi connectivity index (χ1) is 8.49. The smallest absolute Gasteiger partial charge is 0.263 e. The molecule has 1 aromatic carbocycles. The van der Waals surface area contributed by atoms with E-state index in [1.54, 1.807) is 30.5 Å². The molecule has 0 spiro atoms. The number of hydrogen-bond acceptors (Lipinski definition) is 4. The molecule has 0 aliphatic rings. The van der Waals surface area contributed by atoms with Gasteiger partial charge in [-0.05, 0) is 46.3 Å². The predicted octanol–water partition coefficient (Wildman–Crippen LogP) is 2.23. The zero-order chi connectivity index (χ0) is 13.2. The van der Waals surface area contributed by atoms with Gasteiger partial charge in [0.25, 0.3) is 10.0 Å². The summed E-state index contributed by atoms with van der Waals surface area (Å²) in [7, 11) is -3.68. The van der Waals surface area contributed by atoms with E-state index >= 15 is 0 Å². The van der Waals surface area contributed by atoms with Crippen molar-refractivity contribution in [3.8, 4) is 0 Å². The minimum atomic E-state index is -3.68. The number of nitrogens with zero attached hydrogens (tertiary/aromatic N) is 1. The van der Waals surface area contributed by atoms with Crippen LogP contribution in [0.25, 0.3) is 0 Å². The zero-order valence-corrected chi connectivity index (χ0v) is 11.6. The molecule has 2 aromatic rings. The van der Waals surface area contributed by atoms with Crippen LogP contribution < -0.4 is 10.5 Å². The fourth-order valence-electron chi connectivity index (χ4n) is 1.36. The van der Waals surface area contributed by atoms with E-state index in [0.717, 1.165) is 0 Å².